The fourth-order valence-corrected chi connectivity index (χ4v) is 6.02. The second-order valence-electron chi connectivity index (χ2n) is 10.6. The monoisotopic (exact) mass is 610 g/mol. The minimum atomic E-state index is -3.79. The van der Waals surface area contributed by atoms with Crippen molar-refractivity contribution in [2.45, 2.75) is 37.3 Å². The summed E-state index contributed by atoms with van der Waals surface area (Å²) in [6.45, 7) is 3.70. The van der Waals surface area contributed by atoms with Crippen LogP contribution in [0.25, 0.3) is 0 Å². The van der Waals surface area contributed by atoms with Gasteiger partial charge in [-0.1, -0.05) is 25.1 Å². The van der Waals surface area contributed by atoms with Crippen LogP contribution < -0.4 is 20.1 Å². The van der Waals surface area contributed by atoms with Crippen molar-refractivity contribution in [3.05, 3.63) is 78.4 Å². The lowest BCUT2D eigenvalue weighted by atomic mass is 10.0. The second-order valence-corrected chi connectivity index (χ2v) is 12.7. The Morgan fingerprint density at radius 2 is 1.74 bits per heavy atom. The number of aliphatic hydroxyl groups excluding tert-OH is 1. The lowest BCUT2D eigenvalue weighted by Crippen LogP contribution is -2.48. The molecule has 0 saturated heterocycles. The third kappa shape index (κ3) is 7.83. The number of amides is 3. The molecule has 0 bridgehead atoms. The van der Waals surface area contributed by atoms with E-state index in [0.717, 1.165) is 0 Å². The van der Waals surface area contributed by atoms with Gasteiger partial charge in [0.25, 0.3) is 0 Å². The number of methoxy groups -OCH3 is 1. The Bertz CT molecular complexity index is 1520. The quantitative estimate of drug-likeness (QED) is 0.335. The summed E-state index contributed by atoms with van der Waals surface area (Å²) in [5, 5.41) is 15.4. The minimum Gasteiger partial charge on any atom is -0.497 e. The fraction of sp³-hybridized carbons (Fsp3) is 0.355. The lowest BCUT2D eigenvalue weighted by molar-refractivity contribution is -0.134. The van der Waals surface area contributed by atoms with Crippen molar-refractivity contribution in [2.24, 2.45) is 5.92 Å². The Morgan fingerprint density at radius 3 is 2.40 bits per heavy atom. The molecular weight excluding hydrogens is 572 g/mol. The molecule has 0 saturated carbocycles. The van der Waals surface area contributed by atoms with Crippen molar-refractivity contribution >= 4 is 33.3 Å². The Kier molecular flexibility index (Phi) is 10.3. The van der Waals surface area contributed by atoms with E-state index in [9.17, 15) is 23.1 Å². The van der Waals surface area contributed by atoms with E-state index in [1.807, 2.05) is 6.92 Å². The van der Waals surface area contributed by atoms with E-state index in [-0.39, 0.29) is 42.8 Å². The highest BCUT2D eigenvalue weighted by atomic mass is 32.2. The van der Waals surface area contributed by atoms with Crippen LogP contribution in [0.2, 0.25) is 0 Å². The third-order valence-corrected chi connectivity index (χ3v) is 9.25. The standard InChI is InChI=1S/C31H38N4O7S/c1-21-18-35(22(2)20-36)30(37)17-23-16-25(33-31(38)32-24-10-13-26(41-4)14-11-24)12-15-28(23)42-29(21)19-34(3)43(39,40)27-8-6-5-7-9-27/h5-16,21-22,29,36H,17-20H2,1-4H3,(H2,32,33,38)/t21-,22-,29+/m0/s1. The number of urea groups is 1. The van der Waals surface area contributed by atoms with Gasteiger partial charge < -0.3 is 30.1 Å². The van der Waals surface area contributed by atoms with E-state index in [1.165, 1.54) is 23.5 Å². The van der Waals surface area contributed by atoms with E-state index in [1.54, 1.807) is 79.6 Å². The zero-order valence-corrected chi connectivity index (χ0v) is 25.5. The zero-order valence-electron chi connectivity index (χ0n) is 24.7. The molecule has 0 unspecified atom stereocenters. The molecule has 4 rings (SSSR count). The van der Waals surface area contributed by atoms with Gasteiger partial charge in [0.15, 0.2) is 0 Å². The number of nitrogens with zero attached hydrogens (tertiary/aromatic N) is 2. The summed E-state index contributed by atoms with van der Waals surface area (Å²) < 4.78 is 39.4. The highest BCUT2D eigenvalue weighted by Gasteiger charge is 2.33. The van der Waals surface area contributed by atoms with Gasteiger partial charge in [0.05, 0.1) is 37.6 Å². The zero-order chi connectivity index (χ0) is 31.1. The molecule has 3 N–H and O–H groups in total. The summed E-state index contributed by atoms with van der Waals surface area (Å²) in [7, 11) is -0.735. The van der Waals surface area contributed by atoms with Crippen molar-refractivity contribution in [3.8, 4) is 11.5 Å². The molecule has 3 aromatic rings. The molecule has 3 atom stereocenters. The highest BCUT2D eigenvalue weighted by molar-refractivity contribution is 7.89. The number of sulfonamides is 1. The molecule has 0 radical (unpaired) electrons. The van der Waals surface area contributed by atoms with Crippen LogP contribution in [0, 0.1) is 5.92 Å². The average Bonchev–Trinajstić information content (AvgIpc) is 3.04. The number of fused-ring (bicyclic) bond motifs is 1. The van der Waals surface area contributed by atoms with Crippen LogP contribution in [0.15, 0.2) is 77.7 Å². The van der Waals surface area contributed by atoms with Gasteiger partial charge in [0, 0.05) is 36.4 Å². The molecule has 12 heteroatoms. The van der Waals surface area contributed by atoms with Crippen LogP contribution in [0.3, 0.4) is 0 Å². The minimum absolute atomic E-state index is 0.0254. The summed E-state index contributed by atoms with van der Waals surface area (Å²) in [5.41, 5.74) is 1.53. The van der Waals surface area contributed by atoms with Crippen molar-refractivity contribution in [2.75, 3.05) is 44.5 Å². The summed E-state index contributed by atoms with van der Waals surface area (Å²) in [6, 6.07) is 19.1. The van der Waals surface area contributed by atoms with E-state index in [0.29, 0.717) is 28.4 Å². The van der Waals surface area contributed by atoms with Gasteiger partial charge in [-0.2, -0.15) is 4.31 Å². The summed E-state index contributed by atoms with van der Waals surface area (Å²) in [5.74, 6) is 0.568. The number of hydrogen-bond donors (Lipinski definition) is 3. The number of benzene rings is 3. The summed E-state index contributed by atoms with van der Waals surface area (Å²) in [6.07, 6.45) is -0.661. The normalized spacial score (nSPS) is 18.0. The molecule has 0 aromatic heterocycles. The van der Waals surface area contributed by atoms with Gasteiger partial charge >= 0.3 is 6.03 Å². The molecule has 0 aliphatic carbocycles. The van der Waals surface area contributed by atoms with E-state index in [4.69, 9.17) is 9.47 Å². The van der Waals surface area contributed by atoms with Crippen LogP contribution in [0.4, 0.5) is 16.2 Å². The maximum absolute atomic E-state index is 13.5. The van der Waals surface area contributed by atoms with Gasteiger partial charge in [-0.05, 0) is 61.5 Å². The molecule has 3 amide bonds. The first-order chi connectivity index (χ1) is 20.5. The van der Waals surface area contributed by atoms with Gasteiger partial charge in [-0.15, -0.1) is 0 Å². The van der Waals surface area contributed by atoms with Gasteiger partial charge in [-0.3, -0.25) is 4.79 Å². The number of carbonyl (C=O) groups is 2. The molecule has 1 aliphatic heterocycles. The summed E-state index contributed by atoms with van der Waals surface area (Å²) >= 11 is 0. The number of carbonyl (C=O) groups excluding carboxylic acids is 2. The number of ether oxygens (including phenoxy) is 2. The van der Waals surface area contributed by atoms with E-state index in [2.05, 4.69) is 10.6 Å². The van der Waals surface area contributed by atoms with Crippen molar-refractivity contribution < 1.29 is 32.6 Å². The molecule has 230 valence electrons. The Balaban J connectivity index is 1.60. The Hall–Kier alpha value is -4.13. The molecule has 43 heavy (non-hydrogen) atoms. The van der Waals surface area contributed by atoms with Crippen LogP contribution >= 0.6 is 0 Å². The second kappa shape index (κ2) is 13.9. The van der Waals surface area contributed by atoms with E-state index < -0.39 is 28.2 Å². The summed E-state index contributed by atoms with van der Waals surface area (Å²) in [4.78, 5) is 27.9. The lowest BCUT2D eigenvalue weighted by Gasteiger charge is -2.33. The maximum Gasteiger partial charge on any atom is 0.323 e. The predicted molar refractivity (Wildman–Crippen MR) is 164 cm³/mol. The van der Waals surface area contributed by atoms with Crippen LogP contribution in [0.5, 0.6) is 11.5 Å². The number of likely N-dealkylation sites (N-methyl/N-ethyl adjacent to an activating group) is 1. The fourth-order valence-electron chi connectivity index (χ4n) is 4.82. The smallest absolute Gasteiger partial charge is 0.323 e. The van der Waals surface area contributed by atoms with Crippen molar-refractivity contribution in [1.82, 2.24) is 9.21 Å². The molecule has 0 fully saturated rings. The van der Waals surface area contributed by atoms with Gasteiger partial charge in [-0.25, -0.2) is 13.2 Å². The Labute approximate surface area is 252 Å². The van der Waals surface area contributed by atoms with Crippen molar-refractivity contribution in [1.29, 1.82) is 0 Å². The van der Waals surface area contributed by atoms with Gasteiger partial charge in [0.1, 0.15) is 17.6 Å². The molecule has 1 aliphatic rings. The highest BCUT2D eigenvalue weighted by Crippen LogP contribution is 2.30. The van der Waals surface area contributed by atoms with E-state index >= 15 is 0 Å². The van der Waals surface area contributed by atoms with Crippen LogP contribution in [0.1, 0.15) is 19.4 Å². The van der Waals surface area contributed by atoms with Crippen LogP contribution in [-0.2, 0) is 21.2 Å². The number of nitrogens with one attached hydrogen (secondary N) is 2. The Morgan fingerprint density at radius 1 is 1.09 bits per heavy atom. The van der Waals surface area contributed by atoms with Crippen LogP contribution in [-0.4, -0.2) is 80.7 Å². The molecule has 0 spiro atoms. The average molecular weight is 611 g/mol. The topological polar surface area (TPSA) is 138 Å². The molecule has 11 nitrogen and oxygen atoms in total. The number of aliphatic hydroxyl groups is 1. The third-order valence-electron chi connectivity index (χ3n) is 7.41. The molecular formula is C31H38N4O7S. The first kappa shape index (κ1) is 31.8. The number of rotatable bonds is 9. The maximum atomic E-state index is 13.5. The SMILES string of the molecule is COc1ccc(NC(=O)Nc2ccc3c(c2)CC(=O)N([C@@H](C)CO)C[C@H](C)[C@@H](CN(C)S(=O)(=O)c2ccccc2)O3)cc1. The first-order valence-corrected chi connectivity index (χ1v) is 15.4. The van der Waals surface area contributed by atoms with Crippen molar-refractivity contribution in [3.63, 3.8) is 0 Å². The largest absolute Gasteiger partial charge is 0.497 e. The number of hydrogen-bond acceptors (Lipinski definition) is 7. The van der Waals surface area contributed by atoms with Gasteiger partial charge in [0.2, 0.25) is 15.9 Å². The number of anilines is 2. The predicted octanol–water partition coefficient (Wildman–Crippen LogP) is 3.81. The first-order valence-electron chi connectivity index (χ1n) is 13.9. The molecule has 1 heterocycles. The molecule has 3 aromatic carbocycles.